The largest absolute Gasteiger partial charge is 0.472 e. The monoisotopic (exact) mass is 1480 g/mol. The zero-order chi connectivity index (χ0) is 74.2. The van der Waals surface area contributed by atoms with E-state index in [1.807, 2.05) is 0 Å². The summed E-state index contributed by atoms with van der Waals surface area (Å²) in [5.41, 5.74) is 0. The van der Waals surface area contributed by atoms with Crippen molar-refractivity contribution in [3.8, 4) is 0 Å². The van der Waals surface area contributed by atoms with Crippen LogP contribution in [0.3, 0.4) is 0 Å². The van der Waals surface area contributed by atoms with Gasteiger partial charge in [0.1, 0.15) is 19.3 Å². The molecule has 0 aromatic carbocycles. The summed E-state index contributed by atoms with van der Waals surface area (Å²) in [5.74, 6) is -0.530. The van der Waals surface area contributed by atoms with Gasteiger partial charge in [-0.25, -0.2) is 9.13 Å². The van der Waals surface area contributed by atoms with Gasteiger partial charge in [0.25, 0.3) is 0 Å². The van der Waals surface area contributed by atoms with Gasteiger partial charge in [0.2, 0.25) is 0 Å². The van der Waals surface area contributed by atoms with Crippen LogP contribution in [-0.4, -0.2) is 96.7 Å². The van der Waals surface area contributed by atoms with Gasteiger partial charge in [0.15, 0.2) is 12.2 Å². The van der Waals surface area contributed by atoms with Crippen molar-refractivity contribution in [1.29, 1.82) is 0 Å². The van der Waals surface area contributed by atoms with Crippen LogP contribution in [0, 0.1) is 11.8 Å². The van der Waals surface area contributed by atoms with E-state index >= 15 is 0 Å². The van der Waals surface area contributed by atoms with Gasteiger partial charge >= 0.3 is 39.5 Å². The molecule has 101 heavy (non-hydrogen) atoms. The minimum atomic E-state index is -4.96. The van der Waals surface area contributed by atoms with Crippen LogP contribution in [-0.2, 0) is 65.4 Å². The molecular weight excluding hydrogens is 1320 g/mol. The van der Waals surface area contributed by atoms with Gasteiger partial charge in [0.05, 0.1) is 26.4 Å². The highest BCUT2D eigenvalue weighted by molar-refractivity contribution is 7.47. The molecule has 0 fully saturated rings. The molecule has 0 aromatic rings. The molecular formula is C82H160O17P2. The highest BCUT2D eigenvalue weighted by Gasteiger charge is 2.30. The summed E-state index contributed by atoms with van der Waals surface area (Å²) in [5, 5.41) is 10.6. The van der Waals surface area contributed by atoms with Gasteiger partial charge in [0, 0.05) is 25.7 Å². The molecule has 0 spiro atoms. The number of aliphatic hydroxyl groups excluding tert-OH is 1. The Balaban J connectivity index is 5.24. The third kappa shape index (κ3) is 74.7. The topological polar surface area (TPSA) is 237 Å². The molecule has 0 aromatic heterocycles. The fourth-order valence-electron chi connectivity index (χ4n) is 12.7. The van der Waals surface area contributed by atoms with Crippen molar-refractivity contribution < 1.29 is 80.2 Å². The zero-order valence-electron chi connectivity index (χ0n) is 66.2. The molecule has 600 valence electrons. The first-order chi connectivity index (χ1) is 48.9. The van der Waals surface area contributed by atoms with Gasteiger partial charge in [-0.3, -0.25) is 37.3 Å². The summed E-state index contributed by atoms with van der Waals surface area (Å²) in [7, 11) is -9.92. The Morgan fingerprint density at radius 1 is 0.287 bits per heavy atom. The first-order valence-electron chi connectivity index (χ1n) is 42.5. The van der Waals surface area contributed by atoms with Gasteiger partial charge < -0.3 is 33.8 Å². The van der Waals surface area contributed by atoms with Crippen LogP contribution in [0.2, 0.25) is 0 Å². The number of carbonyl (C=O) groups excluding carboxylic acids is 4. The Kier molecular flexibility index (Phi) is 72.2. The predicted octanol–water partition coefficient (Wildman–Crippen LogP) is 24.7. The number of ether oxygens (including phenoxy) is 4. The summed E-state index contributed by atoms with van der Waals surface area (Å²) in [6.07, 6.45) is 63.8. The van der Waals surface area contributed by atoms with Crippen molar-refractivity contribution >= 4 is 39.5 Å². The van der Waals surface area contributed by atoms with E-state index in [1.54, 1.807) is 0 Å². The molecule has 0 heterocycles. The summed E-state index contributed by atoms with van der Waals surface area (Å²) < 4.78 is 68.8. The Hall–Kier alpha value is -1.94. The summed E-state index contributed by atoms with van der Waals surface area (Å²) in [4.78, 5) is 73.1. The molecule has 3 N–H and O–H groups in total. The smallest absolute Gasteiger partial charge is 0.462 e. The minimum Gasteiger partial charge on any atom is -0.462 e. The van der Waals surface area contributed by atoms with Gasteiger partial charge in [-0.1, -0.05) is 382 Å². The number of phosphoric acid groups is 2. The zero-order valence-corrected chi connectivity index (χ0v) is 68.0. The standard InChI is InChI=1S/C82H160O17P2/c1-7-10-12-14-16-18-20-22-23-24-25-26-27-33-37-41-49-55-61-67-82(87)98-77(70-92-79(84)64-58-52-46-39-35-32-29-28-31-34-38-45-51-57-63-75(6)9-3)72-96-100(88,89)94-68-76(83)69-95-101(90,91)97-73-78(71-93-80(85)65-59-53-47-43-42-44-50-56-62-74(4)5)99-81(86)66-60-54-48-40-36-30-21-19-17-15-13-11-8-2/h74-78,83H,7-73H2,1-6H3,(H,88,89)(H,90,91)/t75?,76-,77-,78-/m1/s1. The molecule has 0 saturated carbocycles. The number of unbranched alkanes of at least 4 members (excludes halogenated alkanes) is 50. The maximum absolute atomic E-state index is 13.1. The van der Waals surface area contributed by atoms with Crippen molar-refractivity contribution in [1.82, 2.24) is 0 Å². The average molecular weight is 1480 g/mol. The first-order valence-corrected chi connectivity index (χ1v) is 45.5. The van der Waals surface area contributed by atoms with E-state index in [1.165, 1.54) is 250 Å². The van der Waals surface area contributed by atoms with Crippen LogP contribution in [0.1, 0.15) is 433 Å². The van der Waals surface area contributed by atoms with E-state index in [0.29, 0.717) is 25.7 Å². The molecule has 19 heteroatoms. The lowest BCUT2D eigenvalue weighted by Gasteiger charge is -2.21. The maximum atomic E-state index is 13.1. The second-order valence-corrected chi connectivity index (χ2v) is 33.1. The highest BCUT2D eigenvalue weighted by Crippen LogP contribution is 2.45. The van der Waals surface area contributed by atoms with Gasteiger partial charge in [-0.05, 0) is 37.5 Å². The lowest BCUT2D eigenvalue weighted by atomic mass is 9.99. The highest BCUT2D eigenvalue weighted by atomic mass is 31.2. The van der Waals surface area contributed by atoms with Crippen molar-refractivity contribution in [2.45, 2.75) is 452 Å². The van der Waals surface area contributed by atoms with Crippen LogP contribution in [0.15, 0.2) is 0 Å². The number of hydrogen-bond acceptors (Lipinski definition) is 15. The number of carbonyl (C=O) groups is 4. The molecule has 0 rings (SSSR count). The molecule has 0 aliphatic heterocycles. The van der Waals surface area contributed by atoms with Gasteiger partial charge in [-0.2, -0.15) is 0 Å². The molecule has 3 unspecified atom stereocenters. The molecule has 0 amide bonds. The molecule has 6 atom stereocenters. The number of phosphoric ester groups is 2. The van der Waals surface area contributed by atoms with E-state index in [9.17, 15) is 43.2 Å². The minimum absolute atomic E-state index is 0.107. The van der Waals surface area contributed by atoms with Crippen LogP contribution >= 0.6 is 15.6 Å². The van der Waals surface area contributed by atoms with Crippen molar-refractivity contribution in [3.63, 3.8) is 0 Å². The Morgan fingerprint density at radius 3 is 0.752 bits per heavy atom. The number of aliphatic hydroxyl groups is 1. The second-order valence-electron chi connectivity index (χ2n) is 30.2. The normalized spacial score (nSPS) is 14.2. The SMILES string of the molecule is CCCCCCCCCCCCCCCCCCCCCC(=O)O[C@H](COC(=O)CCCCCCCCCCCCCCCCC(C)CC)COP(=O)(O)OC[C@@H](O)COP(=O)(O)OC[C@@H](COC(=O)CCCCCCCCCCC(C)C)OC(=O)CCCCCCCCCCCCCCC. The Bertz CT molecular complexity index is 1940. The van der Waals surface area contributed by atoms with Crippen molar-refractivity contribution in [3.05, 3.63) is 0 Å². The van der Waals surface area contributed by atoms with Crippen LogP contribution < -0.4 is 0 Å². The number of rotatable bonds is 81. The fourth-order valence-corrected chi connectivity index (χ4v) is 14.3. The lowest BCUT2D eigenvalue weighted by molar-refractivity contribution is -0.161. The maximum Gasteiger partial charge on any atom is 0.472 e. The quantitative estimate of drug-likeness (QED) is 0.0222. The number of hydrogen-bond donors (Lipinski definition) is 3. The summed E-state index contributed by atoms with van der Waals surface area (Å²) in [6, 6.07) is 0. The van der Waals surface area contributed by atoms with Gasteiger partial charge in [-0.15, -0.1) is 0 Å². The average Bonchev–Trinajstić information content (AvgIpc) is 0.990. The molecule has 0 saturated heterocycles. The Labute approximate surface area is 619 Å². The second kappa shape index (κ2) is 73.6. The molecule has 17 nitrogen and oxygen atoms in total. The third-order valence-corrected chi connectivity index (χ3v) is 21.5. The van der Waals surface area contributed by atoms with Crippen LogP contribution in [0.25, 0.3) is 0 Å². The molecule has 0 radical (unpaired) electrons. The van der Waals surface area contributed by atoms with Crippen molar-refractivity contribution in [2.75, 3.05) is 39.6 Å². The van der Waals surface area contributed by atoms with E-state index in [2.05, 4.69) is 41.5 Å². The predicted molar refractivity (Wildman–Crippen MR) is 414 cm³/mol. The summed E-state index contributed by atoms with van der Waals surface area (Å²) in [6.45, 7) is 9.67. The molecule has 0 aliphatic carbocycles. The summed E-state index contributed by atoms with van der Waals surface area (Å²) >= 11 is 0. The first kappa shape index (κ1) is 99.1. The molecule has 0 bridgehead atoms. The van der Waals surface area contributed by atoms with E-state index in [0.717, 1.165) is 102 Å². The third-order valence-electron chi connectivity index (χ3n) is 19.6. The molecule has 0 aliphatic rings. The Morgan fingerprint density at radius 2 is 0.505 bits per heavy atom. The van der Waals surface area contributed by atoms with E-state index in [4.69, 9.17) is 37.0 Å². The fraction of sp³-hybridized carbons (Fsp3) is 0.951. The lowest BCUT2D eigenvalue weighted by Crippen LogP contribution is -2.30. The van der Waals surface area contributed by atoms with Crippen LogP contribution in [0.4, 0.5) is 0 Å². The van der Waals surface area contributed by atoms with E-state index < -0.39 is 97.5 Å². The van der Waals surface area contributed by atoms with E-state index in [-0.39, 0.29) is 25.7 Å². The van der Waals surface area contributed by atoms with Crippen molar-refractivity contribution in [2.24, 2.45) is 11.8 Å². The number of esters is 4. The van der Waals surface area contributed by atoms with Crippen LogP contribution in [0.5, 0.6) is 0 Å².